The third kappa shape index (κ3) is 4.13. The molecule has 2 N–H and O–H groups in total. The first-order valence-corrected chi connectivity index (χ1v) is 15.0. The zero-order valence-electron chi connectivity index (χ0n) is 23.6. The number of nitrogens with one attached hydrogen (secondary N) is 1. The maximum atomic E-state index is 10.3. The summed E-state index contributed by atoms with van der Waals surface area (Å²) in [4.78, 5) is 2.53. The lowest BCUT2D eigenvalue weighted by Gasteiger charge is -2.65. The molecule has 1 spiro atoms. The second-order valence-electron chi connectivity index (χ2n) is 14.4. The molecule has 6 nitrogen and oxygen atoms in total. The van der Waals surface area contributed by atoms with Crippen molar-refractivity contribution in [1.82, 2.24) is 10.2 Å². The van der Waals surface area contributed by atoms with Crippen LogP contribution >= 0.6 is 0 Å². The summed E-state index contributed by atoms with van der Waals surface area (Å²) in [5.41, 5.74) is 3.85. The van der Waals surface area contributed by atoms with Gasteiger partial charge in [0.1, 0.15) is 6.10 Å². The quantitative estimate of drug-likeness (QED) is 0.385. The number of methoxy groups -OCH3 is 1. The highest BCUT2D eigenvalue weighted by molar-refractivity contribution is 5.61. The van der Waals surface area contributed by atoms with Gasteiger partial charge in [0.2, 0.25) is 0 Å². The summed E-state index contributed by atoms with van der Waals surface area (Å²) in [5, 5.41) is 14.3. The van der Waals surface area contributed by atoms with Gasteiger partial charge in [0, 0.05) is 37.2 Å². The first-order valence-electron chi connectivity index (χ1n) is 15.0. The maximum absolute atomic E-state index is 10.3. The minimum absolute atomic E-state index is 0.0380. The number of aliphatic hydroxyl groups is 1. The number of aliphatic hydroxyl groups excluding tert-OH is 1. The van der Waals surface area contributed by atoms with Gasteiger partial charge in [0.15, 0.2) is 11.5 Å². The van der Waals surface area contributed by atoms with Crippen LogP contribution in [0.15, 0.2) is 24.3 Å². The number of nitrogens with zero attached hydrogens (tertiary/aromatic N) is 1. The first kappa shape index (κ1) is 25.4. The van der Waals surface area contributed by atoms with Crippen molar-refractivity contribution in [3.63, 3.8) is 0 Å². The van der Waals surface area contributed by atoms with Gasteiger partial charge in [-0.15, -0.1) is 0 Å². The van der Waals surface area contributed by atoms with E-state index in [1.165, 1.54) is 49.7 Å². The Kier molecular flexibility index (Phi) is 5.98. The maximum Gasteiger partial charge on any atom is 0.166 e. The van der Waals surface area contributed by atoms with E-state index in [2.05, 4.69) is 36.2 Å². The van der Waals surface area contributed by atoms with Gasteiger partial charge in [-0.1, -0.05) is 32.1 Å². The molecule has 38 heavy (non-hydrogen) atoms. The van der Waals surface area contributed by atoms with E-state index in [4.69, 9.17) is 14.2 Å². The van der Waals surface area contributed by atoms with Gasteiger partial charge in [0.25, 0.3) is 0 Å². The van der Waals surface area contributed by atoms with Gasteiger partial charge >= 0.3 is 0 Å². The molecule has 8 rings (SSSR count). The Balaban J connectivity index is 0.956. The summed E-state index contributed by atoms with van der Waals surface area (Å²) in [7, 11) is 1.71. The third-order valence-corrected chi connectivity index (χ3v) is 11.0. The van der Waals surface area contributed by atoms with Crippen molar-refractivity contribution < 1.29 is 19.3 Å². The van der Waals surface area contributed by atoms with Gasteiger partial charge in [-0.2, -0.15) is 0 Å². The fraction of sp³-hybridized carbons (Fsp3) is 0.750. The van der Waals surface area contributed by atoms with E-state index in [1.807, 2.05) is 12.1 Å². The van der Waals surface area contributed by atoms with Crippen LogP contribution in [0.2, 0.25) is 0 Å². The van der Waals surface area contributed by atoms with Crippen molar-refractivity contribution in [1.29, 1.82) is 0 Å². The molecular weight excluding hydrogens is 476 g/mol. The molecule has 7 atom stereocenters. The molecule has 0 amide bonds. The highest BCUT2D eigenvalue weighted by Gasteiger charge is 2.60. The molecule has 2 heterocycles. The molecule has 4 fully saturated rings. The second kappa shape index (κ2) is 8.95. The van der Waals surface area contributed by atoms with Gasteiger partial charge in [-0.25, -0.2) is 0 Å². The zero-order valence-corrected chi connectivity index (χ0v) is 23.6. The lowest BCUT2D eigenvalue weighted by molar-refractivity contribution is -0.118. The summed E-state index contributed by atoms with van der Waals surface area (Å²) in [6, 6.07) is 4.25. The minimum atomic E-state index is -0.445. The summed E-state index contributed by atoms with van der Waals surface area (Å²) < 4.78 is 18.3. The molecule has 0 radical (unpaired) electrons. The van der Waals surface area contributed by atoms with Gasteiger partial charge in [0.05, 0.1) is 31.8 Å². The minimum Gasteiger partial charge on any atom is -0.493 e. The highest BCUT2D eigenvalue weighted by atomic mass is 16.5. The van der Waals surface area contributed by atoms with E-state index in [0.717, 1.165) is 63.2 Å². The fourth-order valence-electron chi connectivity index (χ4n) is 10.5. The van der Waals surface area contributed by atoms with Crippen LogP contribution < -0.4 is 14.8 Å². The Morgan fingerprint density at radius 1 is 1.11 bits per heavy atom. The molecule has 0 saturated heterocycles. The molecule has 2 unspecified atom stereocenters. The van der Waals surface area contributed by atoms with Crippen molar-refractivity contribution >= 4 is 0 Å². The Morgan fingerprint density at radius 3 is 2.68 bits per heavy atom. The van der Waals surface area contributed by atoms with Crippen molar-refractivity contribution in [2.24, 2.45) is 16.7 Å². The molecular formula is C32H46N2O4. The van der Waals surface area contributed by atoms with Crippen LogP contribution in [-0.2, 0) is 16.7 Å². The fourth-order valence-corrected chi connectivity index (χ4v) is 10.5. The molecule has 4 bridgehead atoms. The standard InChI is InChI=1S/C32H46N2O4/c1-29-15-22-16-30(2,19-29)21-31(17-22,20-29)33-9-12-37-13-11-34-10-8-32-7-6-24(35)14-26(32)38-28-25(36-3)5-4-23(18-34)27(28)32/h4-7,22,24,26,33,35H,8-21H2,1-3H3/t22?,24-,26-,29-,30+,31?,32-/m0/s1. The normalized spacial score (nSPS) is 42.5. The van der Waals surface area contributed by atoms with Gasteiger partial charge in [-0.3, -0.25) is 4.90 Å². The average Bonchev–Trinajstić information content (AvgIpc) is 3.07. The van der Waals surface area contributed by atoms with E-state index >= 15 is 0 Å². The van der Waals surface area contributed by atoms with Crippen molar-refractivity contribution in [2.45, 2.75) is 94.9 Å². The van der Waals surface area contributed by atoms with Crippen molar-refractivity contribution in [3.05, 3.63) is 35.4 Å². The summed E-state index contributed by atoms with van der Waals surface area (Å²) in [6.07, 6.45) is 13.7. The molecule has 4 saturated carbocycles. The van der Waals surface area contributed by atoms with Crippen LogP contribution in [0.25, 0.3) is 0 Å². The SMILES string of the molecule is COc1ccc2c3c1O[C@H]1C[C@@H](O)C=C[C@@]31CCN(CCOCCNC13CC4C[C@@](C)(C1)C[C@](C)(C4)C3)C2. The van der Waals surface area contributed by atoms with Crippen LogP contribution in [0.1, 0.15) is 76.3 Å². The molecule has 2 aliphatic heterocycles. The van der Waals surface area contributed by atoms with E-state index in [9.17, 15) is 5.11 Å². The molecule has 1 aromatic rings. The number of ether oxygens (including phenoxy) is 3. The topological polar surface area (TPSA) is 63.2 Å². The van der Waals surface area contributed by atoms with Crippen molar-refractivity contribution in [2.75, 3.05) is 40.0 Å². The Hall–Kier alpha value is -1.60. The number of benzene rings is 1. The summed E-state index contributed by atoms with van der Waals surface area (Å²) >= 11 is 0. The predicted octanol–water partition coefficient (Wildman–Crippen LogP) is 4.58. The van der Waals surface area contributed by atoms with Gasteiger partial charge < -0.3 is 24.6 Å². The average molecular weight is 523 g/mol. The van der Waals surface area contributed by atoms with Gasteiger partial charge in [-0.05, 0) is 79.9 Å². The Morgan fingerprint density at radius 2 is 1.92 bits per heavy atom. The number of hydrogen-bond donors (Lipinski definition) is 2. The molecule has 208 valence electrons. The summed E-state index contributed by atoms with van der Waals surface area (Å²) in [5.74, 6) is 2.60. The first-order chi connectivity index (χ1) is 18.2. The summed E-state index contributed by atoms with van der Waals surface area (Å²) in [6.45, 7) is 10.4. The molecule has 1 aromatic carbocycles. The molecule has 7 aliphatic rings. The monoisotopic (exact) mass is 522 g/mol. The highest BCUT2D eigenvalue weighted by Crippen LogP contribution is 2.66. The van der Waals surface area contributed by atoms with Crippen LogP contribution in [0.5, 0.6) is 11.5 Å². The zero-order chi connectivity index (χ0) is 26.2. The molecule has 6 heteroatoms. The molecule has 5 aliphatic carbocycles. The predicted molar refractivity (Wildman–Crippen MR) is 148 cm³/mol. The van der Waals surface area contributed by atoms with E-state index in [1.54, 1.807) is 7.11 Å². The Labute approximate surface area is 228 Å². The van der Waals surface area contributed by atoms with E-state index in [0.29, 0.717) is 22.8 Å². The van der Waals surface area contributed by atoms with Crippen molar-refractivity contribution in [3.8, 4) is 11.5 Å². The second-order valence-corrected chi connectivity index (χ2v) is 14.4. The van der Waals surface area contributed by atoms with Crippen LogP contribution in [0, 0.1) is 16.7 Å². The van der Waals surface area contributed by atoms with Crippen LogP contribution in [0.3, 0.4) is 0 Å². The smallest absolute Gasteiger partial charge is 0.166 e. The third-order valence-electron chi connectivity index (χ3n) is 11.0. The molecule has 0 aromatic heterocycles. The Bertz CT molecular complexity index is 1100. The number of rotatable bonds is 8. The largest absolute Gasteiger partial charge is 0.493 e. The van der Waals surface area contributed by atoms with E-state index < -0.39 is 6.10 Å². The van der Waals surface area contributed by atoms with Crippen LogP contribution in [0.4, 0.5) is 0 Å². The van der Waals surface area contributed by atoms with E-state index in [-0.39, 0.29) is 11.5 Å². The lowest BCUT2D eigenvalue weighted by Crippen LogP contribution is -2.64. The lowest BCUT2D eigenvalue weighted by atomic mass is 9.43. The number of hydrogen-bond acceptors (Lipinski definition) is 6. The van der Waals surface area contributed by atoms with Crippen LogP contribution in [-0.4, -0.2) is 67.7 Å².